The Balaban J connectivity index is 2.83. The normalized spacial score (nSPS) is 11.0. The van der Waals surface area contributed by atoms with E-state index < -0.39 is 0 Å². The summed E-state index contributed by atoms with van der Waals surface area (Å²) in [4.78, 5) is 0. The molecule has 0 N–H and O–H groups in total. The molecule has 0 aliphatic heterocycles. The largest absolute Gasteiger partial charge is 0.444 e. The number of rotatable bonds is 1. The fourth-order valence-corrected chi connectivity index (χ4v) is 2.05. The molecule has 4 heteroatoms. The quantitative estimate of drug-likeness (QED) is 0.694. The first kappa shape index (κ1) is 9.38. The fraction of sp³-hybridized carbons (Fsp3) is 0.111. The van der Waals surface area contributed by atoms with Crippen LogP contribution in [0.3, 0.4) is 0 Å². The maximum atomic E-state index is 5.97. The van der Waals surface area contributed by atoms with Crippen LogP contribution in [0.5, 0.6) is 0 Å². The molecule has 0 atom stereocenters. The first-order chi connectivity index (χ1) is 6.22. The van der Waals surface area contributed by atoms with Gasteiger partial charge in [0.1, 0.15) is 5.58 Å². The molecule has 0 aliphatic rings. The van der Waals surface area contributed by atoms with Gasteiger partial charge in [0.15, 0.2) is 5.22 Å². The summed E-state index contributed by atoms with van der Waals surface area (Å²) in [6.07, 6.45) is 0. The predicted molar refractivity (Wildman–Crippen MR) is 58.9 cm³/mol. The molecule has 0 unspecified atom stereocenters. The molecular formula is C9H5BrCl2O. The molecule has 0 saturated carbocycles. The summed E-state index contributed by atoms with van der Waals surface area (Å²) in [5.41, 5.74) is 1.81. The van der Waals surface area contributed by atoms with Gasteiger partial charge in [-0.05, 0) is 17.7 Å². The third kappa shape index (κ3) is 1.58. The van der Waals surface area contributed by atoms with Crippen molar-refractivity contribution in [3.63, 3.8) is 0 Å². The van der Waals surface area contributed by atoms with Gasteiger partial charge in [0, 0.05) is 22.3 Å². The first-order valence-electron chi connectivity index (χ1n) is 3.65. The summed E-state index contributed by atoms with van der Waals surface area (Å²) in [6, 6.07) is 5.48. The monoisotopic (exact) mass is 278 g/mol. The van der Waals surface area contributed by atoms with E-state index in [4.69, 9.17) is 27.6 Å². The van der Waals surface area contributed by atoms with Gasteiger partial charge in [-0.3, -0.25) is 0 Å². The van der Waals surface area contributed by atoms with Crippen molar-refractivity contribution in [2.75, 3.05) is 0 Å². The molecule has 0 spiro atoms. The predicted octanol–water partition coefficient (Wildman–Crippen LogP) is 4.63. The molecule has 68 valence electrons. The lowest BCUT2D eigenvalue weighted by Gasteiger charge is -1.97. The average molecular weight is 280 g/mol. The first-order valence-corrected chi connectivity index (χ1v) is 5.52. The maximum Gasteiger partial charge on any atom is 0.194 e. The Labute approximate surface area is 93.7 Å². The maximum absolute atomic E-state index is 5.97. The summed E-state index contributed by atoms with van der Waals surface area (Å²) in [7, 11) is 0. The molecule has 0 aliphatic carbocycles. The zero-order valence-corrected chi connectivity index (χ0v) is 9.58. The minimum Gasteiger partial charge on any atom is -0.444 e. The minimum absolute atomic E-state index is 0.366. The lowest BCUT2D eigenvalue weighted by molar-refractivity contribution is 0.615. The highest BCUT2D eigenvalue weighted by molar-refractivity contribution is 9.08. The molecule has 2 aromatic rings. The Morgan fingerprint density at radius 3 is 2.77 bits per heavy atom. The van der Waals surface area contributed by atoms with Crippen molar-refractivity contribution in [1.82, 2.24) is 0 Å². The standard InChI is InChI=1S/C9H5BrCl2O/c10-4-5-1-2-7(11)6-3-8(12)13-9(5)6/h1-3H,4H2. The number of alkyl halides is 1. The molecular weight excluding hydrogens is 275 g/mol. The molecule has 1 nitrogen and oxygen atoms in total. The van der Waals surface area contributed by atoms with Crippen molar-refractivity contribution >= 4 is 50.1 Å². The second kappa shape index (κ2) is 3.52. The number of hydrogen-bond donors (Lipinski definition) is 0. The second-order valence-electron chi connectivity index (χ2n) is 2.63. The van der Waals surface area contributed by atoms with Crippen molar-refractivity contribution in [3.8, 4) is 0 Å². The summed E-state index contributed by atoms with van der Waals surface area (Å²) in [5.74, 6) is 0. The van der Waals surface area contributed by atoms with Crippen LogP contribution >= 0.6 is 39.1 Å². The van der Waals surface area contributed by atoms with Crippen LogP contribution in [0.2, 0.25) is 10.2 Å². The fourth-order valence-electron chi connectivity index (χ4n) is 1.22. The van der Waals surface area contributed by atoms with E-state index >= 15 is 0 Å². The third-order valence-electron chi connectivity index (χ3n) is 1.83. The van der Waals surface area contributed by atoms with Crippen molar-refractivity contribution in [2.45, 2.75) is 5.33 Å². The van der Waals surface area contributed by atoms with Gasteiger partial charge in [0.05, 0.1) is 5.02 Å². The van der Waals surface area contributed by atoms with Crippen molar-refractivity contribution in [3.05, 3.63) is 34.0 Å². The van der Waals surface area contributed by atoms with E-state index in [0.29, 0.717) is 10.2 Å². The van der Waals surface area contributed by atoms with Crippen LogP contribution in [0.4, 0.5) is 0 Å². The lowest BCUT2D eigenvalue weighted by Crippen LogP contribution is -1.77. The molecule has 1 heterocycles. The topological polar surface area (TPSA) is 13.1 Å². The molecule has 0 amide bonds. The van der Waals surface area contributed by atoms with E-state index in [-0.39, 0.29) is 0 Å². The van der Waals surface area contributed by atoms with Gasteiger partial charge in [0.2, 0.25) is 0 Å². The van der Waals surface area contributed by atoms with E-state index in [1.807, 2.05) is 12.1 Å². The van der Waals surface area contributed by atoms with Gasteiger partial charge in [-0.15, -0.1) is 0 Å². The van der Waals surface area contributed by atoms with Gasteiger partial charge in [-0.25, -0.2) is 0 Å². The molecule has 0 saturated heterocycles. The second-order valence-corrected chi connectivity index (χ2v) is 3.97. The van der Waals surface area contributed by atoms with Crippen molar-refractivity contribution in [1.29, 1.82) is 0 Å². The van der Waals surface area contributed by atoms with Crippen molar-refractivity contribution in [2.24, 2.45) is 0 Å². The van der Waals surface area contributed by atoms with Crippen LogP contribution in [0.1, 0.15) is 5.56 Å². The summed E-state index contributed by atoms with van der Waals surface area (Å²) in [5, 5.41) is 2.62. The molecule has 0 bridgehead atoms. The van der Waals surface area contributed by atoms with Crippen LogP contribution in [-0.2, 0) is 5.33 Å². The number of halogens is 3. The Bertz CT molecular complexity index is 450. The summed E-state index contributed by atoms with van der Waals surface area (Å²) < 4.78 is 5.32. The highest BCUT2D eigenvalue weighted by Gasteiger charge is 2.09. The zero-order valence-electron chi connectivity index (χ0n) is 6.48. The van der Waals surface area contributed by atoms with Gasteiger partial charge < -0.3 is 4.42 Å². The van der Waals surface area contributed by atoms with E-state index in [9.17, 15) is 0 Å². The number of hydrogen-bond acceptors (Lipinski definition) is 1. The van der Waals surface area contributed by atoms with Crippen LogP contribution < -0.4 is 0 Å². The van der Waals surface area contributed by atoms with Crippen LogP contribution in [0.25, 0.3) is 11.0 Å². The Morgan fingerprint density at radius 2 is 2.08 bits per heavy atom. The molecule has 0 fully saturated rings. The lowest BCUT2D eigenvalue weighted by atomic mass is 10.2. The Hall–Kier alpha value is -0.180. The number of benzene rings is 1. The molecule has 1 aromatic heterocycles. The van der Waals surface area contributed by atoms with Crippen molar-refractivity contribution < 1.29 is 4.42 Å². The highest BCUT2D eigenvalue weighted by Crippen LogP contribution is 2.32. The van der Waals surface area contributed by atoms with Gasteiger partial charge in [-0.2, -0.15) is 0 Å². The average Bonchev–Trinajstić information content (AvgIpc) is 2.48. The molecule has 1 aromatic carbocycles. The molecule has 0 radical (unpaired) electrons. The summed E-state index contributed by atoms with van der Waals surface area (Å²) in [6.45, 7) is 0. The van der Waals surface area contributed by atoms with E-state index in [1.165, 1.54) is 0 Å². The Morgan fingerprint density at radius 1 is 1.31 bits per heavy atom. The summed E-state index contributed by atoms with van der Waals surface area (Å²) >= 11 is 15.1. The SMILES string of the molecule is Clc1cc2c(Cl)ccc(CBr)c2o1. The zero-order chi connectivity index (χ0) is 9.42. The smallest absolute Gasteiger partial charge is 0.194 e. The van der Waals surface area contributed by atoms with Crippen LogP contribution in [0, 0.1) is 0 Å². The highest BCUT2D eigenvalue weighted by atomic mass is 79.9. The Kier molecular flexibility index (Phi) is 2.54. The number of furan rings is 1. The van der Waals surface area contributed by atoms with E-state index in [0.717, 1.165) is 21.9 Å². The van der Waals surface area contributed by atoms with E-state index in [1.54, 1.807) is 6.07 Å². The molecule has 13 heavy (non-hydrogen) atoms. The number of fused-ring (bicyclic) bond motifs is 1. The van der Waals surface area contributed by atoms with Gasteiger partial charge in [-0.1, -0.05) is 33.6 Å². The van der Waals surface area contributed by atoms with Crippen LogP contribution in [0.15, 0.2) is 22.6 Å². The van der Waals surface area contributed by atoms with Crippen LogP contribution in [-0.4, -0.2) is 0 Å². The minimum atomic E-state index is 0.366. The molecule has 2 rings (SSSR count). The van der Waals surface area contributed by atoms with E-state index in [2.05, 4.69) is 15.9 Å². The third-order valence-corrected chi connectivity index (χ3v) is 2.95. The van der Waals surface area contributed by atoms with Gasteiger partial charge >= 0.3 is 0 Å². The van der Waals surface area contributed by atoms with Gasteiger partial charge in [0.25, 0.3) is 0 Å².